The Balaban J connectivity index is 2.05. The maximum atomic E-state index is 4.99. The smallest absolute Gasteiger partial charge is 0.149 e. The van der Waals surface area contributed by atoms with E-state index in [1.54, 1.807) is 0 Å². The van der Waals surface area contributed by atoms with E-state index in [1.165, 1.54) is 11.3 Å². The van der Waals surface area contributed by atoms with Crippen molar-refractivity contribution in [2.45, 2.75) is 26.4 Å². The first-order valence-electron chi connectivity index (χ1n) is 8.09. The van der Waals surface area contributed by atoms with E-state index >= 15 is 0 Å². The lowest BCUT2D eigenvalue weighted by Gasteiger charge is -2.34. The quantitative estimate of drug-likeness (QED) is 0.905. The highest BCUT2D eigenvalue weighted by atomic mass is 15.3. The Bertz CT molecular complexity index is 732. The molecule has 3 rings (SSSR count). The van der Waals surface area contributed by atoms with E-state index in [0.29, 0.717) is 0 Å². The number of benzene rings is 2. The van der Waals surface area contributed by atoms with E-state index in [0.717, 1.165) is 23.5 Å². The number of para-hydroxylation sites is 1. The summed E-state index contributed by atoms with van der Waals surface area (Å²) in [4.78, 5) is 7.22. The molecule has 0 amide bonds. The number of nitrogens with one attached hydrogen (secondary N) is 1. The van der Waals surface area contributed by atoms with Crippen LogP contribution in [0.4, 0.5) is 5.69 Å². The van der Waals surface area contributed by atoms with Gasteiger partial charge in [-0.2, -0.15) is 0 Å². The first kappa shape index (κ1) is 15.3. The summed E-state index contributed by atoms with van der Waals surface area (Å²) >= 11 is 0. The Hall–Kier alpha value is -2.55. The molecule has 1 N–H and O–H groups in total. The molecular formula is C20H23N3. The fourth-order valence-electron chi connectivity index (χ4n) is 2.96. The van der Waals surface area contributed by atoms with Crippen molar-refractivity contribution in [1.82, 2.24) is 5.32 Å². The van der Waals surface area contributed by atoms with Gasteiger partial charge in [0.25, 0.3) is 0 Å². The molecule has 1 aliphatic heterocycles. The van der Waals surface area contributed by atoms with Crippen LogP contribution >= 0.6 is 0 Å². The van der Waals surface area contributed by atoms with E-state index in [1.807, 2.05) is 6.07 Å². The Labute approximate surface area is 138 Å². The summed E-state index contributed by atoms with van der Waals surface area (Å²) < 4.78 is 0. The number of nitrogens with zero attached hydrogens (tertiary/aromatic N) is 2. The van der Waals surface area contributed by atoms with Crippen LogP contribution in [0.5, 0.6) is 0 Å². The van der Waals surface area contributed by atoms with E-state index < -0.39 is 0 Å². The van der Waals surface area contributed by atoms with Crippen LogP contribution in [0.15, 0.2) is 71.4 Å². The van der Waals surface area contributed by atoms with Crippen molar-refractivity contribution in [3.8, 4) is 0 Å². The van der Waals surface area contributed by atoms with Crippen molar-refractivity contribution in [3.05, 3.63) is 77.5 Å². The molecule has 0 spiro atoms. The van der Waals surface area contributed by atoms with Crippen molar-refractivity contribution in [2.75, 3.05) is 11.9 Å². The highest BCUT2D eigenvalue weighted by molar-refractivity contribution is 6.05. The number of aliphatic imine (C=N–C) groups is 1. The van der Waals surface area contributed by atoms with Gasteiger partial charge in [0.1, 0.15) is 12.0 Å². The van der Waals surface area contributed by atoms with Crippen LogP contribution < -0.4 is 10.2 Å². The van der Waals surface area contributed by atoms with Crippen LogP contribution in [-0.2, 0) is 0 Å². The minimum absolute atomic E-state index is 0.0111. The molecule has 2 aromatic rings. The van der Waals surface area contributed by atoms with Crippen LogP contribution in [0.25, 0.3) is 0 Å². The molecule has 0 fully saturated rings. The van der Waals surface area contributed by atoms with Crippen molar-refractivity contribution >= 4 is 11.5 Å². The monoisotopic (exact) mass is 305 g/mol. The number of hydrogen-bond acceptors (Lipinski definition) is 3. The summed E-state index contributed by atoms with van der Waals surface area (Å²) in [5.74, 6) is 0.940. The molecule has 3 heteroatoms. The predicted molar refractivity (Wildman–Crippen MR) is 97.7 cm³/mol. The lowest BCUT2D eigenvalue weighted by molar-refractivity contribution is 0.692. The summed E-state index contributed by atoms with van der Waals surface area (Å²) in [6.07, 6.45) is 3.18. The van der Waals surface area contributed by atoms with Gasteiger partial charge in [-0.3, -0.25) is 0 Å². The fraction of sp³-hybridized carbons (Fsp3) is 0.250. The molecular weight excluding hydrogens is 282 g/mol. The molecule has 0 saturated heterocycles. The average molecular weight is 305 g/mol. The summed E-state index contributed by atoms with van der Waals surface area (Å²) in [5, 5.41) is 3.48. The number of fused-ring (bicyclic) bond motifs is 1. The SMILES string of the molecule is CC/C=C(\C)NC1=NC(c2ccccc2)N(C)c2ccccc21. The van der Waals surface area contributed by atoms with Gasteiger partial charge in [0.2, 0.25) is 0 Å². The molecule has 23 heavy (non-hydrogen) atoms. The Morgan fingerprint density at radius 2 is 1.83 bits per heavy atom. The highest BCUT2D eigenvalue weighted by Gasteiger charge is 2.26. The lowest BCUT2D eigenvalue weighted by atomic mass is 10.0. The molecule has 0 saturated carbocycles. The van der Waals surface area contributed by atoms with Gasteiger partial charge in [-0.1, -0.05) is 55.5 Å². The molecule has 1 aliphatic rings. The zero-order chi connectivity index (χ0) is 16.2. The van der Waals surface area contributed by atoms with E-state index in [9.17, 15) is 0 Å². The summed E-state index contributed by atoms with van der Waals surface area (Å²) in [6, 6.07) is 18.8. The van der Waals surface area contributed by atoms with Gasteiger partial charge in [-0.25, -0.2) is 4.99 Å². The Kier molecular flexibility index (Phi) is 4.47. The first-order valence-corrected chi connectivity index (χ1v) is 8.09. The van der Waals surface area contributed by atoms with Crippen LogP contribution in [0, 0.1) is 0 Å². The number of hydrogen-bond donors (Lipinski definition) is 1. The molecule has 0 aromatic heterocycles. The normalized spacial score (nSPS) is 17.5. The summed E-state index contributed by atoms with van der Waals surface area (Å²) in [5.41, 5.74) is 4.67. The minimum atomic E-state index is -0.0111. The van der Waals surface area contributed by atoms with E-state index in [2.05, 4.69) is 85.7 Å². The predicted octanol–water partition coefficient (Wildman–Crippen LogP) is 4.49. The standard InChI is InChI=1S/C20H23N3/c1-4-10-15(2)21-19-17-13-8-9-14-18(17)23(3)20(22-19)16-11-6-5-7-12-16/h5-14,20H,4H2,1-3H3,(H,21,22)/b15-10+. The van der Waals surface area contributed by atoms with Gasteiger partial charge in [0.05, 0.1) is 0 Å². The fourth-order valence-corrected chi connectivity index (χ4v) is 2.96. The molecule has 1 heterocycles. The first-order chi connectivity index (χ1) is 11.2. The van der Waals surface area contributed by atoms with Crippen LogP contribution in [0.1, 0.15) is 37.6 Å². The third-order valence-corrected chi connectivity index (χ3v) is 4.08. The van der Waals surface area contributed by atoms with Crippen LogP contribution in [-0.4, -0.2) is 12.9 Å². The molecule has 0 bridgehead atoms. The molecule has 0 radical (unpaired) electrons. The van der Waals surface area contributed by atoms with Gasteiger partial charge < -0.3 is 10.2 Å². The zero-order valence-electron chi connectivity index (χ0n) is 14.0. The summed E-state index contributed by atoms with van der Waals surface area (Å²) in [6.45, 7) is 4.23. The van der Waals surface area contributed by atoms with Gasteiger partial charge in [-0.15, -0.1) is 0 Å². The van der Waals surface area contributed by atoms with Gasteiger partial charge >= 0.3 is 0 Å². The Morgan fingerprint density at radius 1 is 1.13 bits per heavy atom. The third-order valence-electron chi connectivity index (χ3n) is 4.08. The molecule has 0 aliphatic carbocycles. The molecule has 1 atom stereocenters. The maximum absolute atomic E-state index is 4.99. The minimum Gasteiger partial charge on any atom is -0.348 e. The van der Waals surface area contributed by atoms with Gasteiger partial charge in [-0.05, 0) is 31.0 Å². The van der Waals surface area contributed by atoms with Crippen LogP contribution in [0.3, 0.4) is 0 Å². The topological polar surface area (TPSA) is 27.6 Å². The summed E-state index contributed by atoms with van der Waals surface area (Å²) in [7, 11) is 2.10. The van der Waals surface area contributed by atoms with Crippen LogP contribution in [0.2, 0.25) is 0 Å². The second-order valence-corrected chi connectivity index (χ2v) is 5.81. The molecule has 3 nitrogen and oxygen atoms in total. The maximum Gasteiger partial charge on any atom is 0.149 e. The van der Waals surface area contributed by atoms with Gasteiger partial charge in [0, 0.05) is 24.0 Å². The van der Waals surface area contributed by atoms with E-state index in [4.69, 9.17) is 4.99 Å². The largest absolute Gasteiger partial charge is 0.348 e. The van der Waals surface area contributed by atoms with Gasteiger partial charge in [0.15, 0.2) is 0 Å². The number of amidine groups is 1. The Morgan fingerprint density at radius 3 is 2.57 bits per heavy atom. The second-order valence-electron chi connectivity index (χ2n) is 5.81. The average Bonchev–Trinajstić information content (AvgIpc) is 2.58. The third kappa shape index (κ3) is 3.14. The van der Waals surface area contributed by atoms with Crippen molar-refractivity contribution in [3.63, 3.8) is 0 Å². The molecule has 1 unspecified atom stereocenters. The van der Waals surface area contributed by atoms with E-state index in [-0.39, 0.29) is 6.17 Å². The molecule has 2 aromatic carbocycles. The van der Waals surface area contributed by atoms with Crippen molar-refractivity contribution in [2.24, 2.45) is 4.99 Å². The van der Waals surface area contributed by atoms with Crippen molar-refractivity contribution in [1.29, 1.82) is 0 Å². The number of rotatable bonds is 3. The molecule has 118 valence electrons. The highest BCUT2D eigenvalue weighted by Crippen LogP contribution is 2.34. The number of anilines is 1. The number of allylic oxidation sites excluding steroid dienone is 2. The lowest BCUT2D eigenvalue weighted by Crippen LogP contribution is -2.35. The second kappa shape index (κ2) is 6.69. The zero-order valence-corrected chi connectivity index (χ0v) is 14.0. The van der Waals surface area contributed by atoms with Crippen molar-refractivity contribution < 1.29 is 0 Å².